The zero-order valence-corrected chi connectivity index (χ0v) is 16.7. The first-order chi connectivity index (χ1) is 13.8. The lowest BCUT2D eigenvalue weighted by molar-refractivity contribution is 0.0280. The van der Waals surface area contributed by atoms with Gasteiger partial charge in [-0.1, -0.05) is 18.2 Å². The second-order valence-electron chi connectivity index (χ2n) is 6.79. The van der Waals surface area contributed by atoms with Gasteiger partial charge in [0.15, 0.2) is 6.10 Å². The maximum atomic E-state index is 12.5. The van der Waals surface area contributed by atoms with Gasteiger partial charge < -0.3 is 9.15 Å². The van der Waals surface area contributed by atoms with Crippen molar-refractivity contribution in [3.8, 4) is 11.5 Å². The zero-order chi connectivity index (χ0) is 20.6. The van der Waals surface area contributed by atoms with Crippen molar-refractivity contribution in [1.29, 1.82) is 0 Å². The number of rotatable bonds is 5. The standard InChI is InChI=1S/C20H19N3O5S/c1-13(18-21-22-19(28-18)14-6-4-3-5-7-14)27-20(24)16-8-9-17-15(12-16)10-11-23(17)29(2,25)26/h3-9,12-13H,10-11H2,1-2H3. The van der Waals surface area contributed by atoms with E-state index < -0.39 is 22.1 Å². The normalized spacial score (nSPS) is 14.5. The van der Waals surface area contributed by atoms with Gasteiger partial charge in [0, 0.05) is 12.1 Å². The first-order valence-corrected chi connectivity index (χ1v) is 10.9. The number of sulfonamides is 1. The molecular formula is C20H19N3O5S. The van der Waals surface area contributed by atoms with Crippen LogP contribution >= 0.6 is 0 Å². The van der Waals surface area contributed by atoms with Crippen LogP contribution in [-0.4, -0.2) is 37.4 Å². The van der Waals surface area contributed by atoms with Crippen molar-refractivity contribution in [2.45, 2.75) is 19.4 Å². The Balaban J connectivity index is 1.48. The molecule has 9 heteroatoms. The fourth-order valence-corrected chi connectivity index (χ4v) is 4.18. The van der Waals surface area contributed by atoms with Gasteiger partial charge in [0.2, 0.25) is 15.9 Å². The lowest BCUT2D eigenvalue weighted by Crippen LogP contribution is -2.27. The minimum absolute atomic E-state index is 0.196. The highest BCUT2D eigenvalue weighted by Crippen LogP contribution is 2.31. The molecule has 0 spiro atoms. The summed E-state index contributed by atoms with van der Waals surface area (Å²) in [5, 5.41) is 7.96. The molecule has 1 unspecified atom stereocenters. The third kappa shape index (κ3) is 3.86. The lowest BCUT2D eigenvalue weighted by atomic mass is 10.1. The molecule has 1 aliphatic heterocycles. The predicted octanol–water partition coefficient (Wildman–Crippen LogP) is 2.98. The second kappa shape index (κ2) is 7.32. The number of fused-ring (bicyclic) bond motifs is 1. The van der Waals surface area contributed by atoms with Crippen LogP contribution in [0.2, 0.25) is 0 Å². The van der Waals surface area contributed by atoms with Gasteiger partial charge >= 0.3 is 5.97 Å². The molecule has 1 atom stereocenters. The van der Waals surface area contributed by atoms with Crippen LogP contribution in [0, 0.1) is 0 Å². The van der Waals surface area contributed by atoms with Crippen LogP contribution in [0.1, 0.15) is 34.8 Å². The maximum absolute atomic E-state index is 12.5. The van der Waals surface area contributed by atoms with Crippen LogP contribution in [0.4, 0.5) is 5.69 Å². The molecule has 4 rings (SSSR count). The van der Waals surface area contributed by atoms with Gasteiger partial charge in [-0.2, -0.15) is 0 Å². The van der Waals surface area contributed by atoms with E-state index in [0.29, 0.717) is 30.1 Å². The summed E-state index contributed by atoms with van der Waals surface area (Å²) in [6.07, 6.45) is 0.983. The van der Waals surface area contributed by atoms with Crippen LogP contribution in [0.5, 0.6) is 0 Å². The van der Waals surface area contributed by atoms with E-state index in [9.17, 15) is 13.2 Å². The van der Waals surface area contributed by atoms with E-state index in [1.807, 2.05) is 30.3 Å². The number of anilines is 1. The Kier molecular flexibility index (Phi) is 4.83. The first-order valence-electron chi connectivity index (χ1n) is 9.03. The number of nitrogens with zero attached hydrogens (tertiary/aromatic N) is 3. The van der Waals surface area contributed by atoms with Crippen molar-refractivity contribution < 1.29 is 22.4 Å². The summed E-state index contributed by atoms with van der Waals surface area (Å²) in [4.78, 5) is 12.5. The van der Waals surface area contributed by atoms with Crippen molar-refractivity contribution >= 4 is 21.7 Å². The molecule has 0 saturated carbocycles. The molecule has 1 aromatic heterocycles. The molecule has 0 N–H and O–H groups in total. The Bertz CT molecular complexity index is 1160. The monoisotopic (exact) mass is 413 g/mol. The van der Waals surface area contributed by atoms with Gasteiger partial charge in [0.1, 0.15) is 0 Å². The smallest absolute Gasteiger partial charge is 0.338 e. The number of esters is 1. The quantitative estimate of drug-likeness (QED) is 0.593. The van der Waals surface area contributed by atoms with E-state index in [1.165, 1.54) is 10.6 Å². The van der Waals surface area contributed by atoms with E-state index in [4.69, 9.17) is 9.15 Å². The predicted molar refractivity (Wildman–Crippen MR) is 106 cm³/mol. The number of aromatic nitrogens is 2. The number of carbonyl (C=O) groups excluding carboxylic acids is 1. The van der Waals surface area contributed by atoms with Gasteiger partial charge in [0.25, 0.3) is 5.89 Å². The average molecular weight is 413 g/mol. The molecule has 0 fully saturated rings. The molecule has 2 aromatic carbocycles. The number of benzene rings is 2. The maximum Gasteiger partial charge on any atom is 0.338 e. The van der Waals surface area contributed by atoms with Crippen molar-refractivity contribution in [1.82, 2.24) is 10.2 Å². The first kappa shape index (κ1) is 19.1. The Labute approximate surface area is 168 Å². The van der Waals surface area contributed by atoms with E-state index >= 15 is 0 Å². The van der Waals surface area contributed by atoms with E-state index in [0.717, 1.165) is 11.1 Å². The molecule has 2 heterocycles. The van der Waals surface area contributed by atoms with Crippen LogP contribution in [-0.2, 0) is 21.2 Å². The van der Waals surface area contributed by atoms with Crippen molar-refractivity contribution in [3.05, 3.63) is 65.5 Å². The van der Waals surface area contributed by atoms with Gasteiger partial charge in [-0.3, -0.25) is 4.31 Å². The van der Waals surface area contributed by atoms with Crippen molar-refractivity contribution in [3.63, 3.8) is 0 Å². The molecule has 0 bridgehead atoms. The second-order valence-corrected chi connectivity index (χ2v) is 8.69. The summed E-state index contributed by atoms with van der Waals surface area (Å²) in [6.45, 7) is 2.02. The summed E-state index contributed by atoms with van der Waals surface area (Å²) >= 11 is 0. The molecule has 0 aliphatic carbocycles. The zero-order valence-electron chi connectivity index (χ0n) is 15.9. The largest absolute Gasteiger partial charge is 0.449 e. The van der Waals surface area contributed by atoms with E-state index in [2.05, 4.69) is 10.2 Å². The van der Waals surface area contributed by atoms with Gasteiger partial charge in [-0.25, -0.2) is 13.2 Å². The molecule has 0 amide bonds. The summed E-state index contributed by atoms with van der Waals surface area (Å²) in [5.74, 6) is 0.000998. The van der Waals surface area contributed by atoms with Gasteiger partial charge in [0.05, 0.1) is 17.5 Å². The van der Waals surface area contributed by atoms with Gasteiger partial charge in [-0.15, -0.1) is 10.2 Å². The summed E-state index contributed by atoms with van der Waals surface area (Å²) < 4.78 is 36.1. The fourth-order valence-electron chi connectivity index (χ4n) is 3.22. The van der Waals surface area contributed by atoms with Crippen molar-refractivity contribution in [2.24, 2.45) is 0 Å². The minimum Gasteiger partial charge on any atom is -0.449 e. The summed E-state index contributed by atoms with van der Waals surface area (Å²) in [5.41, 5.74) is 2.51. The molecular weight excluding hydrogens is 394 g/mol. The van der Waals surface area contributed by atoms with E-state index in [1.54, 1.807) is 25.1 Å². The van der Waals surface area contributed by atoms with E-state index in [-0.39, 0.29) is 5.89 Å². The molecule has 8 nitrogen and oxygen atoms in total. The highest BCUT2D eigenvalue weighted by Gasteiger charge is 2.27. The van der Waals surface area contributed by atoms with Crippen LogP contribution in [0.3, 0.4) is 0 Å². The molecule has 0 radical (unpaired) electrons. The number of hydrogen-bond donors (Lipinski definition) is 0. The SMILES string of the molecule is CC(OC(=O)c1ccc2c(c1)CCN2S(C)(=O)=O)c1nnc(-c2ccccc2)o1. The topological polar surface area (TPSA) is 103 Å². The fraction of sp³-hybridized carbons (Fsp3) is 0.250. The highest BCUT2D eigenvalue weighted by atomic mass is 32.2. The van der Waals surface area contributed by atoms with Crippen LogP contribution in [0.25, 0.3) is 11.5 Å². The number of ether oxygens (including phenoxy) is 1. The summed E-state index contributed by atoms with van der Waals surface area (Å²) in [6, 6.07) is 14.2. The Morgan fingerprint density at radius 2 is 1.93 bits per heavy atom. The average Bonchev–Trinajstić information content (AvgIpc) is 3.35. The molecule has 3 aromatic rings. The Morgan fingerprint density at radius 3 is 2.66 bits per heavy atom. The lowest BCUT2D eigenvalue weighted by Gasteiger charge is -2.16. The molecule has 1 aliphatic rings. The minimum atomic E-state index is -3.34. The Morgan fingerprint density at radius 1 is 1.17 bits per heavy atom. The summed E-state index contributed by atoms with van der Waals surface area (Å²) in [7, 11) is -3.34. The van der Waals surface area contributed by atoms with Crippen molar-refractivity contribution in [2.75, 3.05) is 17.1 Å². The highest BCUT2D eigenvalue weighted by molar-refractivity contribution is 7.92. The molecule has 29 heavy (non-hydrogen) atoms. The van der Waals surface area contributed by atoms with Crippen LogP contribution in [0.15, 0.2) is 52.9 Å². The molecule has 150 valence electrons. The van der Waals surface area contributed by atoms with Gasteiger partial charge in [-0.05, 0) is 49.2 Å². The Hall–Kier alpha value is -3.20. The third-order valence-corrected chi connectivity index (χ3v) is 5.84. The molecule has 0 saturated heterocycles. The third-order valence-electron chi connectivity index (χ3n) is 4.66. The number of hydrogen-bond acceptors (Lipinski definition) is 7. The van der Waals surface area contributed by atoms with Crippen LogP contribution < -0.4 is 4.31 Å². The number of carbonyl (C=O) groups is 1.